The van der Waals surface area contributed by atoms with Gasteiger partial charge in [0.2, 0.25) is 0 Å². The van der Waals surface area contributed by atoms with Crippen LogP contribution in [0.4, 0.5) is 0 Å². The molecule has 84 valence electrons. The molecule has 0 amide bonds. The summed E-state index contributed by atoms with van der Waals surface area (Å²) in [6.07, 6.45) is 5.49. The molecule has 3 heteroatoms. The quantitative estimate of drug-likeness (QED) is 0.799. The molecule has 0 radical (unpaired) electrons. The highest BCUT2D eigenvalue weighted by Gasteiger charge is 2.32. The molecule has 2 rings (SSSR count). The molecule has 0 fully saturated rings. The summed E-state index contributed by atoms with van der Waals surface area (Å²) in [5, 5.41) is 10.9. The van der Waals surface area contributed by atoms with Crippen molar-refractivity contribution < 1.29 is 0 Å². The number of rotatable bonds is 3. The van der Waals surface area contributed by atoms with Crippen LogP contribution in [0, 0.1) is 5.41 Å². The van der Waals surface area contributed by atoms with E-state index >= 15 is 0 Å². The molecule has 1 aliphatic rings. The van der Waals surface area contributed by atoms with E-state index in [2.05, 4.69) is 36.3 Å². The highest BCUT2D eigenvalue weighted by Crippen LogP contribution is 2.39. The molecule has 1 heterocycles. The van der Waals surface area contributed by atoms with Gasteiger partial charge in [-0.25, -0.2) is 0 Å². The van der Waals surface area contributed by atoms with E-state index in [1.807, 2.05) is 6.20 Å². The number of aromatic nitrogens is 2. The first-order valence-corrected chi connectivity index (χ1v) is 5.88. The highest BCUT2D eigenvalue weighted by molar-refractivity contribution is 5.25. The van der Waals surface area contributed by atoms with Crippen molar-refractivity contribution in [3.05, 3.63) is 17.5 Å². The van der Waals surface area contributed by atoms with Gasteiger partial charge in [-0.1, -0.05) is 20.8 Å². The van der Waals surface area contributed by atoms with Gasteiger partial charge in [0.25, 0.3) is 0 Å². The van der Waals surface area contributed by atoms with Crippen molar-refractivity contribution in [1.82, 2.24) is 15.5 Å². The molecule has 1 aromatic rings. The number of nitrogens with zero attached hydrogens (tertiary/aromatic N) is 1. The fourth-order valence-corrected chi connectivity index (χ4v) is 2.48. The molecular formula is C12H21N3. The lowest BCUT2D eigenvalue weighted by Crippen LogP contribution is -2.33. The summed E-state index contributed by atoms with van der Waals surface area (Å²) in [6, 6.07) is 0.488. The highest BCUT2D eigenvalue weighted by atomic mass is 15.1. The predicted octanol–water partition coefficient (Wildman–Crippen LogP) is 2.42. The third kappa shape index (κ3) is 2.23. The second-order valence-corrected chi connectivity index (χ2v) is 5.36. The van der Waals surface area contributed by atoms with Gasteiger partial charge in [-0.05, 0) is 31.2 Å². The van der Waals surface area contributed by atoms with Gasteiger partial charge in [0.1, 0.15) is 0 Å². The molecule has 1 unspecified atom stereocenters. The first kappa shape index (κ1) is 10.7. The first-order chi connectivity index (χ1) is 7.12. The van der Waals surface area contributed by atoms with Crippen LogP contribution in [-0.4, -0.2) is 16.7 Å². The Balaban J connectivity index is 2.18. The molecule has 1 aliphatic carbocycles. The van der Waals surface area contributed by atoms with Crippen LogP contribution >= 0.6 is 0 Å². The Morgan fingerprint density at radius 3 is 3.13 bits per heavy atom. The van der Waals surface area contributed by atoms with E-state index in [0.717, 1.165) is 13.0 Å². The van der Waals surface area contributed by atoms with E-state index in [4.69, 9.17) is 0 Å². The van der Waals surface area contributed by atoms with Crippen molar-refractivity contribution in [2.24, 2.45) is 5.41 Å². The van der Waals surface area contributed by atoms with Gasteiger partial charge < -0.3 is 5.32 Å². The normalized spacial score (nSPS) is 23.8. The van der Waals surface area contributed by atoms with Crippen molar-refractivity contribution >= 4 is 0 Å². The number of hydrogen-bond donors (Lipinski definition) is 2. The Bertz CT molecular complexity index is 327. The van der Waals surface area contributed by atoms with Crippen LogP contribution in [-0.2, 0) is 6.42 Å². The van der Waals surface area contributed by atoms with Crippen LogP contribution in [0.5, 0.6) is 0 Å². The molecule has 0 saturated heterocycles. The Morgan fingerprint density at radius 1 is 1.60 bits per heavy atom. The van der Waals surface area contributed by atoms with Crippen LogP contribution in [0.15, 0.2) is 6.20 Å². The van der Waals surface area contributed by atoms with Crippen molar-refractivity contribution in [2.45, 2.75) is 46.1 Å². The fraction of sp³-hybridized carbons (Fsp3) is 0.750. The summed E-state index contributed by atoms with van der Waals surface area (Å²) in [5.74, 6) is 0. The van der Waals surface area contributed by atoms with Crippen molar-refractivity contribution in [2.75, 3.05) is 6.54 Å². The Hall–Kier alpha value is -0.830. The van der Waals surface area contributed by atoms with Gasteiger partial charge in [0, 0.05) is 17.3 Å². The van der Waals surface area contributed by atoms with Crippen molar-refractivity contribution in [3.8, 4) is 0 Å². The standard InChI is InChI=1S/C12H21N3/c1-4-5-13-10-6-12(2,3)7-11-9(10)8-14-15-11/h8,10,13H,4-7H2,1-3H3,(H,14,15). The number of H-pyrrole nitrogens is 1. The van der Waals surface area contributed by atoms with Crippen LogP contribution in [0.2, 0.25) is 0 Å². The van der Waals surface area contributed by atoms with Gasteiger partial charge in [0.15, 0.2) is 0 Å². The molecule has 0 aromatic carbocycles. The van der Waals surface area contributed by atoms with E-state index in [1.165, 1.54) is 24.1 Å². The molecule has 0 bridgehead atoms. The van der Waals surface area contributed by atoms with E-state index in [0.29, 0.717) is 11.5 Å². The maximum atomic E-state index is 4.16. The lowest BCUT2D eigenvalue weighted by atomic mass is 9.74. The number of nitrogens with one attached hydrogen (secondary N) is 2. The number of hydrogen-bond acceptors (Lipinski definition) is 2. The number of aromatic amines is 1. The molecule has 1 aromatic heterocycles. The molecule has 0 aliphatic heterocycles. The van der Waals surface area contributed by atoms with Gasteiger partial charge in [-0.3, -0.25) is 5.10 Å². The zero-order chi connectivity index (χ0) is 10.9. The largest absolute Gasteiger partial charge is 0.310 e. The molecule has 0 saturated carbocycles. The average molecular weight is 207 g/mol. The van der Waals surface area contributed by atoms with Crippen molar-refractivity contribution in [3.63, 3.8) is 0 Å². The van der Waals surface area contributed by atoms with E-state index in [-0.39, 0.29) is 0 Å². The van der Waals surface area contributed by atoms with Crippen LogP contribution in [0.1, 0.15) is 50.9 Å². The maximum absolute atomic E-state index is 4.16. The Kier molecular flexibility index (Phi) is 2.83. The predicted molar refractivity (Wildman–Crippen MR) is 61.7 cm³/mol. The molecule has 3 nitrogen and oxygen atoms in total. The zero-order valence-electron chi connectivity index (χ0n) is 9.93. The molecule has 2 N–H and O–H groups in total. The SMILES string of the molecule is CCCNC1CC(C)(C)Cc2[nH]ncc21. The van der Waals surface area contributed by atoms with Crippen LogP contribution in [0.25, 0.3) is 0 Å². The van der Waals surface area contributed by atoms with Gasteiger partial charge in [0.05, 0.1) is 6.20 Å². The lowest BCUT2D eigenvalue weighted by molar-refractivity contribution is 0.256. The smallest absolute Gasteiger partial charge is 0.0538 e. The Morgan fingerprint density at radius 2 is 2.40 bits per heavy atom. The third-order valence-corrected chi connectivity index (χ3v) is 3.18. The zero-order valence-corrected chi connectivity index (χ0v) is 9.93. The monoisotopic (exact) mass is 207 g/mol. The maximum Gasteiger partial charge on any atom is 0.0538 e. The minimum atomic E-state index is 0.380. The summed E-state index contributed by atoms with van der Waals surface area (Å²) < 4.78 is 0. The van der Waals surface area contributed by atoms with E-state index in [9.17, 15) is 0 Å². The van der Waals surface area contributed by atoms with Gasteiger partial charge in [-0.15, -0.1) is 0 Å². The van der Waals surface area contributed by atoms with Crippen molar-refractivity contribution in [1.29, 1.82) is 0 Å². The molecular weight excluding hydrogens is 186 g/mol. The average Bonchev–Trinajstić information content (AvgIpc) is 2.59. The van der Waals surface area contributed by atoms with Gasteiger partial charge >= 0.3 is 0 Å². The topological polar surface area (TPSA) is 40.7 Å². The van der Waals surface area contributed by atoms with Crippen LogP contribution in [0.3, 0.4) is 0 Å². The van der Waals surface area contributed by atoms with E-state index < -0.39 is 0 Å². The first-order valence-electron chi connectivity index (χ1n) is 5.88. The third-order valence-electron chi connectivity index (χ3n) is 3.18. The summed E-state index contributed by atoms with van der Waals surface area (Å²) in [6.45, 7) is 7.96. The number of fused-ring (bicyclic) bond motifs is 1. The minimum absolute atomic E-state index is 0.380. The summed E-state index contributed by atoms with van der Waals surface area (Å²) in [7, 11) is 0. The molecule has 15 heavy (non-hydrogen) atoms. The summed E-state index contributed by atoms with van der Waals surface area (Å²) in [4.78, 5) is 0. The summed E-state index contributed by atoms with van der Waals surface area (Å²) in [5.41, 5.74) is 3.08. The molecule has 1 atom stereocenters. The second-order valence-electron chi connectivity index (χ2n) is 5.36. The van der Waals surface area contributed by atoms with E-state index in [1.54, 1.807) is 0 Å². The fourth-order valence-electron chi connectivity index (χ4n) is 2.48. The van der Waals surface area contributed by atoms with Crippen LogP contribution < -0.4 is 5.32 Å². The second kappa shape index (κ2) is 3.97. The Labute approximate surface area is 91.7 Å². The minimum Gasteiger partial charge on any atom is -0.310 e. The molecule has 0 spiro atoms. The summed E-state index contributed by atoms with van der Waals surface area (Å²) >= 11 is 0. The van der Waals surface area contributed by atoms with Gasteiger partial charge in [-0.2, -0.15) is 5.10 Å². The lowest BCUT2D eigenvalue weighted by Gasteiger charge is -2.35.